The summed E-state index contributed by atoms with van der Waals surface area (Å²) < 4.78 is 46.8. The Morgan fingerprint density at radius 3 is 2.68 bits per heavy atom. The average Bonchev–Trinajstić information content (AvgIpc) is 3.38. The molecule has 0 amide bonds. The Balaban J connectivity index is 1.56. The molecule has 11 nitrogen and oxygen atoms in total. The van der Waals surface area contributed by atoms with Crippen LogP contribution < -0.4 is 16.2 Å². The van der Waals surface area contributed by atoms with Crippen LogP contribution in [-0.2, 0) is 16.6 Å². The lowest BCUT2D eigenvalue weighted by atomic mass is 9.98. The van der Waals surface area contributed by atoms with E-state index in [0.29, 0.717) is 28.8 Å². The molecule has 1 unspecified atom stereocenters. The van der Waals surface area contributed by atoms with Gasteiger partial charge in [0.25, 0.3) is 0 Å². The van der Waals surface area contributed by atoms with Gasteiger partial charge in [-0.15, -0.1) is 0 Å². The van der Waals surface area contributed by atoms with E-state index in [1.165, 1.54) is 16.7 Å². The lowest BCUT2D eigenvalue weighted by molar-refractivity contribution is 0.0692. The van der Waals surface area contributed by atoms with Gasteiger partial charge in [-0.25, -0.2) is 22.4 Å². The number of fused-ring (bicyclic) bond motifs is 1. The second kappa shape index (κ2) is 9.42. The minimum absolute atomic E-state index is 0.117. The minimum Gasteiger partial charge on any atom is -0.477 e. The molecule has 38 heavy (non-hydrogen) atoms. The predicted octanol–water partition coefficient (Wildman–Crippen LogP) is 2.55. The standard InChI is InChI=1S/C25H26FN5O6S/c1-13(31-12-16(37-25(31)34)11-30-9-15(27)10-30)17-4-3-5-18-21(23(24(32)33)28-22(17)18)14-6-7-20(19(26)8-14)29-38(2,35)36/h3-8,12-13,15,28-29H,9-11,27H2,1-2H3,(H,32,33). The Labute approximate surface area is 216 Å². The lowest BCUT2D eigenvalue weighted by Crippen LogP contribution is -2.54. The van der Waals surface area contributed by atoms with E-state index in [4.69, 9.17) is 10.2 Å². The third kappa shape index (κ3) is 4.83. The number of aromatic carboxylic acids is 1. The highest BCUT2D eigenvalue weighted by Gasteiger charge is 2.26. The van der Waals surface area contributed by atoms with Crippen molar-refractivity contribution in [1.29, 1.82) is 0 Å². The van der Waals surface area contributed by atoms with Crippen LogP contribution in [0.1, 0.15) is 34.8 Å². The maximum atomic E-state index is 14.8. The second-order valence-corrected chi connectivity index (χ2v) is 11.3. The van der Waals surface area contributed by atoms with Crippen LogP contribution in [0.25, 0.3) is 22.0 Å². The van der Waals surface area contributed by atoms with Gasteiger partial charge in [0.15, 0.2) is 0 Å². The number of sulfonamides is 1. The van der Waals surface area contributed by atoms with Gasteiger partial charge in [-0.2, -0.15) is 0 Å². The van der Waals surface area contributed by atoms with E-state index in [2.05, 4.69) is 14.6 Å². The molecule has 0 bridgehead atoms. The number of nitrogens with one attached hydrogen (secondary N) is 2. The van der Waals surface area contributed by atoms with E-state index in [9.17, 15) is 27.5 Å². The number of nitrogens with zero attached hydrogens (tertiary/aromatic N) is 2. The SMILES string of the molecule is CC(c1cccc2c(-c3ccc(NS(C)(=O)=O)c(F)c3)c(C(=O)O)[nH]c12)n1cc(CN2CC(N)C2)oc1=O. The summed E-state index contributed by atoms with van der Waals surface area (Å²) in [4.78, 5) is 29.8. The van der Waals surface area contributed by atoms with E-state index in [1.807, 2.05) is 0 Å². The Morgan fingerprint density at radius 2 is 2.05 bits per heavy atom. The average molecular weight is 544 g/mol. The molecular formula is C25H26FN5O6S. The van der Waals surface area contributed by atoms with Gasteiger partial charge in [0.05, 0.1) is 36.2 Å². The van der Waals surface area contributed by atoms with Crippen LogP contribution in [0.15, 0.2) is 51.8 Å². The first-order valence-electron chi connectivity index (χ1n) is 11.8. The first-order valence-corrected chi connectivity index (χ1v) is 13.6. The number of carboxylic acid groups (broad SMARTS) is 1. The topological polar surface area (TPSA) is 164 Å². The maximum absolute atomic E-state index is 14.8. The molecule has 0 saturated carbocycles. The fourth-order valence-corrected chi connectivity index (χ4v) is 5.42. The molecule has 2 aromatic carbocycles. The summed E-state index contributed by atoms with van der Waals surface area (Å²) in [5.41, 5.74) is 6.98. The van der Waals surface area contributed by atoms with Gasteiger partial charge in [0.2, 0.25) is 10.0 Å². The van der Waals surface area contributed by atoms with Crippen molar-refractivity contribution in [3.63, 3.8) is 0 Å². The van der Waals surface area contributed by atoms with Crippen LogP contribution >= 0.6 is 0 Å². The Kier molecular flexibility index (Phi) is 6.37. The second-order valence-electron chi connectivity index (χ2n) is 9.52. The largest absolute Gasteiger partial charge is 0.477 e. The fraction of sp³-hybridized carbons (Fsp3) is 0.280. The smallest absolute Gasteiger partial charge is 0.419 e. The molecule has 0 aliphatic carbocycles. The highest BCUT2D eigenvalue weighted by atomic mass is 32.2. The summed E-state index contributed by atoms with van der Waals surface area (Å²) >= 11 is 0. The number of hydrogen-bond donors (Lipinski definition) is 4. The molecule has 5 N–H and O–H groups in total. The fourth-order valence-electron chi connectivity index (χ4n) is 4.85. The summed E-state index contributed by atoms with van der Waals surface area (Å²) in [6.07, 6.45) is 2.54. The molecule has 1 aliphatic heterocycles. The number of halogens is 1. The number of carboxylic acids is 1. The van der Waals surface area contributed by atoms with Gasteiger partial charge in [-0.05, 0) is 30.2 Å². The van der Waals surface area contributed by atoms with E-state index >= 15 is 0 Å². The van der Waals surface area contributed by atoms with Gasteiger partial charge in [0, 0.05) is 30.1 Å². The zero-order chi connectivity index (χ0) is 27.4. The number of aromatic nitrogens is 2. The molecule has 1 saturated heterocycles. The third-order valence-electron chi connectivity index (χ3n) is 6.58. The summed E-state index contributed by atoms with van der Waals surface area (Å²) in [7, 11) is -3.71. The number of para-hydroxylation sites is 1. The molecule has 200 valence electrons. The molecule has 4 aromatic rings. The van der Waals surface area contributed by atoms with Crippen molar-refractivity contribution in [1.82, 2.24) is 14.5 Å². The number of nitrogens with two attached hydrogens (primary N) is 1. The zero-order valence-electron chi connectivity index (χ0n) is 20.6. The highest BCUT2D eigenvalue weighted by Crippen LogP contribution is 2.37. The third-order valence-corrected chi connectivity index (χ3v) is 7.17. The number of likely N-dealkylation sites (tertiary alicyclic amines) is 1. The Bertz CT molecular complexity index is 1720. The van der Waals surface area contributed by atoms with E-state index < -0.39 is 33.6 Å². The molecule has 0 radical (unpaired) electrons. The number of carbonyl (C=O) groups is 1. The van der Waals surface area contributed by atoms with Gasteiger partial charge >= 0.3 is 11.7 Å². The van der Waals surface area contributed by atoms with Crippen LogP contribution in [0, 0.1) is 5.82 Å². The molecule has 2 aromatic heterocycles. The Morgan fingerprint density at radius 1 is 1.32 bits per heavy atom. The molecule has 13 heteroatoms. The minimum atomic E-state index is -3.71. The predicted molar refractivity (Wildman–Crippen MR) is 139 cm³/mol. The van der Waals surface area contributed by atoms with Crippen LogP contribution in [0.5, 0.6) is 0 Å². The van der Waals surface area contributed by atoms with Gasteiger partial charge in [-0.1, -0.05) is 24.3 Å². The molecular weight excluding hydrogens is 517 g/mol. The Hall–Kier alpha value is -3.94. The lowest BCUT2D eigenvalue weighted by Gasteiger charge is -2.35. The molecule has 5 rings (SSSR count). The zero-order valence-corrected chi connectivity index (χ0v) is 21.4. The van der Waals surface area contributed by atoms with Crippen molar-refractivity contribution in [2.45, 2.75) is 25.6 Å². The van der Waals surface area contributed by atoms with Gasteiger partial charge < -0.3 is 20.2 Å². The molecule has 1 aliphatic rings. The first-order chi connectivity index (χ1) is 17.9. The van der Waals surface area contributed by atoms with Crippen molar-refractivity contribution >= 4 is 32.6 Å². The number of rotatable bonds is 8. The summed E-state index contributed by atoms with van der Waals surface area (Å²) in [5.74, 6) is -2.17. The molecule has 1 fully saturated rings. The van der Waals surface area contributed by atoms with Crippen molar-refractivity contribution in [3.8, 4) is 11.1 Å². The van der Waals surface area contributed by atoms with E-state index in [-0.39, 0.29) is 28.6 Å². The van der Waals surface area contributed by atoms with Crippen molar-refractivity contribution in [2.75, 3.05) is 24.1 Å². The number of anilines is 1. The quantitative estimate of drug-likeness (QED) is 0.263. The maximum Gasteiger partial charge on any atom is 0.419 e. The number of benzene rings is 2. The summed E-state index contributed by atoms with van der Waals surface area (Å²) in [6, 6.07) is 8.54. The number of hydrogen-bond acceptors (Lipinski definition) is 7. The van der Waals surface area contributed by atoms with E-state index in [1.54, 1.807) is 31.3 Å². The van der Waals surface area contributed by atoms with E-state index in [0.717, 1.165) is 25.4 Å². The molecule has 1 atom stereocenters. The normalized spacial score (nSPS) is 15.5. The van der Waals surface area contributed by atoms with Crippen molar-refractivity contribution in [3.05, 3.63) is 76.0 Å². The number of H-pyrrole nitrogens is 1. The highest BCUT2D eigenvalue weighted by molar-refractivity contribution is 7.92. The van der Waals surface area contributed by atoms with Crippen LogP contribution in [-0.4, -0.2) is 59.3 Å². The van der Waals surface area contributed by atoms with Crippen LogP contribution in [0.3, 0.4) is 0 Å². The van der Waals surface area contributed by atoms with Crippen molar-refractivity contribution in [2.24, 2.45) is 5.73 Å². The first kappa shape index (κ1) is 25.7. The molecule has 0 spiro atoms. The van der Waals surface area contributed by atoms with Crippen LogP contribution in [0.2, 0.25) is 0 Å². The van der Waals surface area contributed by atoms with Crippen LogP contribution in [0.4, 0.5) is 10.1 Å². The van der Waals surface area contributed by atoms with Gasteiger partial charge in [-0.3, -0.25) is 14.2 Å². The summed E-state index contributed by atoms with van der Waals surface area (Å²) in [5, 5.41) is 10.4. The monoisotopic (exact) mass is 543 g/mol. The molecule has 3 heterocycles. The van der Waals surface area contributed by atoms with Gasteiger partial charge in [0.1, 0.15) is 17.3 Å². The number of oxazole rings is 1. The van der Waals surface area contributed by atoms with Crippen molar-refractivity contribution < 1.29 is 27.1 Å². The summed E-state index contributed by atoms with van der Waals surface area (Å²) in [6.45, 7) is 3.69. The number of aromatic amines is 1.